The van der Waals surface area contributed by atoms with E-state index in [4.69, 9.17) is 0 Å². The van der Waals surface area contributed by atoms with Crippen molar-refractivity contribution in [3.63, 3.8) is 0 Å². The van der Waals surface area contributed by atoms with Crippen LogP contribution >= 0.6 is 11.3 Å². The third-order valence-electron chi connectivity index (χ3n) is 5.47. The van der Waals surface area contributed by atoms with E-state index in [-0.39, 0.29) is 5.91 Å². The minimum Gasteiger partial charge on any atom is -0.355 e. The molecule has 1 aromatic heterocycles. The van der Waals surface area contributed by atoms with Gasteiger partial charge in [0.05, 0.1) is 11.4 Å². The Hall–Kier alpha value is -1.22. The average Bonchev–Trinajstić information content (AvgIpc) is 3.02. The number of nitrogens with zero attached hydrogens (tertiary/aromatic N) is 2. The van der Waals surface area contributed by atoms with Crippen LogP contribution < -0.4 is 5.32 Å². The van der Waals surface area contributed by atoms with Crippen molar-refractivity contribution >= 4 is 27.3 Å². The molecule has 1 fully saturated rings. The molecule has 1 aromatic rings. The first kappa shape index (κ1) is 21.5. The van der Waals surface area contributed by atoms with Crippen molar-refractivity contribution < 1.29 is 13.2 Å². The molecule has 2 aliphatic rings. The summed E-state index contributed by atoms with van der Waals surface area (Å²) in [5.74, 6) is 0.0250. The smallest absolute Gasteiger partial charge is 0.244 e. The highest BCUT2D eigenvalue weighted by molar-refractivity contribution is 7.89. The maximum absolute atomic E-state index is 12.9. The summed E-state index contributed by atoms with van der Waals surface area (Å²) in [4.78, 5) is 16.5. The van der Waals surface area contributed by atoms with Crippen LogP contribution in [0.1, 0.15) is 41.9 Å². The van der Waals surface area contributed by atoms with Gasteiger partial charge in [0, 0.05) is 42.5 Å². The maximum atomic E-state index is 12.9. The van der Waals surface area contributed by atoms with E-state index in [9.17, 15) is 13.2 Å². The second kappa shape index (κ2) is 9.52. The van der Waals surface area contributed by atoms with Crippen LogP contribution in [0.4, 0.5) is 0 Å². The Morgan fingerprint density at radius 2 is 1.93 bits per heavy atom. The average molecular weight is 426 g/mol. The summed E-state index contributed by atoms with van der Waals surface area (Å²) in [7, 11) is -3.44. The predicted octanol–water partition coefficient (Wildman–Crippen LogP) is 2.68. The summed E-state index contributed by atoms with van der Waals surface area (Å²) in [5.41, 5.74) is 1.46. The largest absolute Gasteiger partial charge is 0.355 e. The zero-order valence-corrected chi connectivity index (χ0v) is 18.5. The van der Waals surface area contributed by atoms with Crippen molar-refractivity contribution in [2.75, 3.05) is 39.3 Å². The van der Waals surface area contributed by atoms with Gasteiger partial charge in [-0.05, 0) is 52.0 Å². The normalized spacial score (nSPS) is 19.4. The summed E-state index contributed by atoms with van der Waals surface area (Å²) in [5, 5.41) is 3.00. The topological polar surface area (TPSA) is 69.7 Å². The Kier molecular flexibility index (Phi) is 7.31. The first-order chi connectivity index (χ1) is 13.4. The highest BCUT2D eigenvalue weighted by Crippen LogP contribution is 2.28. The van der Waals surface area contributed by atoms with Crippen LogP contribution in [-0.4, -0.2) is 62.8 Å². The van der Waals surface area contributed by atoms with E-state index >= 15 is 0 Å². The van der Waals surface area contributed by atoms with Gasteiger partial charge in [0.1, 0.15) is 0 Å². The molecule has 1 aliphatic heterocycles. The third kappa shape index (κ3) is 5.43. The van der Waals surface area contributed by atoms with Crippen molar-refractivity contribution in [2.24, 2.45) is 0 Å². The second-order valence-corrected chi connectivity index (χ2v) is 11.0. The standard InChI is InChI=1S/C20H31N3O3S2/c1-16-14-19(17(2)27-16)28(25,26)23-12-10-22(11-13-23)15-20(24)21-9-8-18-6-4-3-5-7-18/h6,14H,3-5,7-13,15H2,1-2H3,(H,21,24). The lowest BCUT2D eigenvalue weighted by atomic mass is 9.97. The minimum absolute atomic E-state index is 0.0250. The third-order valence-corrected chi connectivity index (χ3v) is 8.59. The Bertz CT molecular complexity index is 822. The van der Waals surface area contributed by atoms with Crippen molar-refractivity contribution in [3.8, 4) is 0 Å². The van der Waals surface area contributed by atoms with E-state index in [0.29, 0.717) is 44.2 Å². The zero-order chi connectivity index (χ0) is 20.1. The molecular weight excluding hydrogens is 394 g/mol. The summed E-state index contributed by atoms with van der Waals surface area (Å²) in [6, 6.07) is 1.76. The van der Waals surface area contributed by atoms with Gasteiger partial charge in [-0.2, -0.15) is 4.31 Å². The van der Waals surface area contributed by atoms with Crippen molar-refractivity contribution in [2.45, 2.75) is 50.8 Å². The Morgan fingerprint density at radius 1 is 1.18 bits per heavy atom. The fraction of sp³-hybridized carbons (Fsp3) is 0.650. The van der Waals surface area contributed by atoms with Crippen LogP contribution in [-0.2, 0) is 14.8 Å². The number of sulfonamides is 1. The molecule has 0 unspecified atom stereocenters. The van der Waals surface area contributed by atoms with E-state index in [1.54, 1.807) is 10.4 Å². The first-order valence-corrected chi connectivity index (χ1v) is 12.4. The zero-order valence-electron chi connectivity index (χ0n) is 16.9. The Labute approximate surface area is 172 Å². The number of hydrogen-bond donors (Lipinski definition) is 1. The van der Waals surface area contributed by atoms with Gasteiger partial charge in [-0.25, -0.2) is 8.42 Å². The lowest BCUT2D eigenvalue weighted by Gasteiger charge is -2.33. The van der Waals surface area contributed by atoms with Crippen molar-refractivity contribution in [3.05, 3.63) is 27.5 Å². The summed E-state index contributed by atoms with van der Waals surface area (Å²) in [6.45, 7) is 6.83. The molecule has 0 aromatic carbocycles. The van der Waals surface area contributed by atoms with Gasteiger partial charge in [-0.3, -0.25) is 9.69 Å². The molecule has 8 heteroatoms. The van der Waals surface area contributed by atoms with Crippen LogP contribution in [0.3, 0.4) is 0 Å². The monoisotopic (exact) mass is 425 g/mol. The lowest BCUT2D eigenvalue weighted by molar-refractivity contribution is -0.122. The molecule has 0 spiro atoms. The minimum atomic E-state index is -3.44. The van der Waals surface area contributed by atoms with Crippen molar-refractivity contribution in [1.82, 2.24) is 14.5 Å². The molecule has 6 nitrogen and oxygen atoms in total. The van der Waals surface area contributed by atoms with E-state index in [0.717, 1.165) is 22.6 Å². The van der Waals surface area contributed by atoms with Crippen LogP contribution in [0.5, 0.6) is 0 Å². The fourth-order valence-electron chi connectivity index (χ4n) is 3.88. The van der Waals surface area contributed by atoms with Gasteiger partial charge >= 0.3 is 0 Å². The molecule has 3 rings (SSSR count). The number of rotatable bonds is 7. The number of thiophene rings is 1. The lowest BCUT2D eigenvalue weighted by Crippen LogP contribution is -2.51. The molecule has 1 N–H and O–H groups in total. The molecule has 1 aliphatic carbocycles. The number of aryl methyl sites for hydroxylation is 2. The Balaban J connectivity index is 1.43. The molecule has 0 radical (unpaired) electrons. The molecule has 2 heterocycles. The Morgan fingerprint density at radius 3 is 2.54 bits per heavy atom. The fourth-order valence-corrected chi connectivity index (χ4v) is 6.83. The number of amides is 1. The highest BCUT2D eigenvalue weighted by Gasteiger charge is 2.30. The van der Waals surface area contributed by atoms with Crippen molar-refractivity contribution in [1.29, 1.82) is 0 Å². The molecule has 28 heavy (non-hydrogen) atoms. The number of nitrogens with one attached hydrogen (secondary N) is 1. The van der Waals surface area contributed by atoms with Crippen LogP contribution in [0.15, 0.2) is 22.6 Å². The van der Waals surface area contributed by atoms with Gasteiger partial charge < -0.3 is 5.32 Å². The number of hydrogen-bond acceptors (Lipinski definition) is 5. The molecular formula is C20H31N3O3S2. The van der Waals surface area contributed by atoms with Crippen LogP contribution in [0.2, 0.25) is 0 Å². The summed E-state index contributed by atoms with van der Waals surface area (Å²) in [6.07, 6.45) is 8.13. The maximum Gasteiger partial charge on any atom is 0.244 e. The molecule has 0 saturated carbocycles. The van der Waals surface area contributed by atoms with E-state index < -0.39 is 10.0 Å². The molecule has 1 amide bonds. The number of carbonyl (C=O) groups is 1. The van der Waals surface area contributed by atoms with Crippen LogP contribution in [0.25, 0.3) is 0 Å². The van der Waals surface area contributed by atoms with E-state index in [1.165, 1.54) is 36.2 Å². The first-order valence-electron chi connectivity index (χ1n) is 10.1. The molecule has 1 saturated heterocycles. The summed E-state index contributed by atoms with van der Waals surface area (Å²) >= 11 is 1.51. The quantitative estimate of drug-likeness (QED) is 0.682. The molecule has 0 atom stereocenters. The molecule has 156 valence electrons. The predicted molar refractivity (Wildman–Crippen MR) is 113 cm³/mol. The molecule has 0 bridgehead atoms. The number of piperazine rings is 1. The van der Waals surface area contributed by atoms with E-state index in [1.807, 2.05) is 18.7 Å². The SMILES string of the molecule is Cc1cc(S(=O)(=O)N2CCN(CC(=O)NCCC3=CCCCC3)CC2)c(C)s1. The van der Waals surface area contributed by atoms with Gasteiger partial charge in [-0.15, -0.1) is 11.3 Å². The highest BCUT2D eigenvalue weighted by atomic mass is 32.2. The second-order valence-electron chi connectivity index (χ2n) is 7.67. The number of allylic oxidation sites excluding steroid dienone is 1. The van der Waals surface area contributed by atoms with Gasteiger partial charge in [0.2, 0.25) is 15.9 Å². The van der Waals surface area contributed by atoms with Gasteiger partial charge in [-0.1, -0.05) is 11.6 Å². The number of carbonyl (C=O) groups excluding carboxylic acids is 1. The van der Waals surface area contributed by atoms with Gasteiger partial charge in [0.25, 0.3) is 0 Å². The van der Waals surface area contributed by atoms with Gasteiger partial charge in [0.15, 0.2) is 0 Å². The summed E-state index contributed by atoms with van der Waals surface area (Å²) < 4.78 is 27.3. The van der Waals surface area contributed by atoms with E-state index in [2.05, 4.69) is 11.4 Å². The van der Waals surface area contributed by atoms with Crippen LogP contribution in [0, 0.1) is 13.8 Å².